The van der Waals surface area contributed by atoms with E-state index in [1.807, 2.05) is 0 Å². The highest BCUT2D eigenvalue weighted by molar-refractivity contribution is 5.68. The van der Waals surface area contributed by atoms with Gasteiger partial charge in [0.2, 0.25) is 5.89 Å². The highest BCUT2D eigenvalue weighted by Gasteiger charge is 2.24. The molecule has 1 aliphatic heterocycles. The molecule has 6 nitrogen and oxygen atoms in total. The minimum atomic E-state index is -0.945. The van der Waals surface area contributed by atoms with Crippen molar-refractivity contribution in [1.29, 1.82) is 0 Å². The van der Waals surface area contributed by atoms with Crippen molar-refractivity contribution in [3.8, 4) is 0 Å². The molecule has 1 aromatic rings. The summed E-state index contributed by atoms with van der Waals surface area (Å²) in [5.41, 5.74) is 0. The van der Waals surface area contributed by atoms with E-state index in [1.165, 1.54) is 0 Å². The Bertz CT molecular complexity index is 391. The Morgan fingerprint density at radius 2 is 2.47 bits per heavy atom. The van der Waals surface area contributed by atoms with Crippen molar-refractivity contribution in [2.24, 2.45) is 0 Å². The molecule has 1 aliphatic rings. The number of carbonyl (C=O) groups is 1. The molecule has 0 radical (unpaired) electrons. The number of nitrogens with zero attached hydrogens (tertiary/aromatic N) is 3. The fraction of sp³-hybridized carbons (Fsp3) is 0.727. The van der Waals surface area contributed by atoms with Gasteiger partial charge in [0, 0.05) is 12.5 Å². The number of hydrogen-bond donors (Lipinski definition) is 1. The molecule has 0 saturated carbocycles. The van der Waals surface area contributed by atoms with Gasteiger partial charge < -0.3 is 14.5 Å². The minimum Gasteiger partial charge on any atom is -0.481 e. The van der Waals surface area contributed by atoms with Crippen LogP contribution < -0.4 is 0 Å². The van der Waals surface area contributed by atoms with Crippen LogP contribution in [0.25, 0.3) is 0 Å². The summed E-state index contributed by atoms with van der Waals surface area (Å²) in [5.74, 6) is 0.176. The lowest BCUT2D eigenvalue weighted by Gasteiger charge is -2.29. The summed E-state index contributed by atoms with van der Waals surface area (Å²) in [4.78, 5) is 17.0. The van der Waals surface area contributed by atoms with E-state index in [0.29, 0.717) is 5.82 Å². The highest BCUT2D eigenvalue weighted by atomic mass is 16.5. The molecule has 1 unspecified atom stereocenters. The average molecular weight is 239 g/mol. The van der Waals surface area contributed by atoms with Crippen LogP contribution in [0, 0.1) is 0 Å². The Hall–Kier alpha value is -1.43. The van der Waals surface area contributed by atoms with Crippen molar-refractivity contribution in [1.82, 2.24) is 15.0 Å². The lowest BCUT2D eigenvalue weighted by atomic mass is 9.97. The van der Waals surface area contributed by atoms with Gasteiger partial charge in [-0.25, -0.2) is 0 Å². The van der Waals surface area contributed by atoms with E-state index in [0.717, 1.165) is 32.5 Å². The Kier molecular flexibility index (Phi) is 3.73. The fourth-order valence-corrected chi connectivity index (χ4v) is 2.19. The molecule has 0 aliphatic carbocycles. The number of likely N-dealkylation sites (tertiary alicyclic amines) is 1. The molecule has 1 aromatic heterocycles. The van der Waals surface area contributed by atoms with Gasteiger partial charge >= 0.3 is 5.97 Å². The monoisotopic (exact) mass is 239 g/mol. The van der Waals surface area contributed by atoms with E-state index in [9.17, 15) is 4.79 Å². The molecular formula is C11H17N3O3. The van der Waals surface area contributed by atoms with Gasteiger partial charge in [0.15, 0.2) is 5.82 Å². The van der Waals surface area contributed by atoms with Gasteiger partial charge in [-0.3, -0.25) is 4.79 Å². The van der Waals surface area contributed by atoms with Gasteiger partial charge in [-0.05, 0) is 25.9 Å². The Balaban J connectivity index is 2.01. The van der Waals surface area contributed by atoms with E-state index in [1.54, 1.807) is 0 Å². The molecule has 94 valence electrons. The topological polar surface area (TPSA) is 79.5 Å². The summed E-state index contributed by atoms with van der Waals surface area (Å²) in [7, 11) is 0. The molecule has 1 N–H and O–H groups in total. The van der Waals surface area contributed by atoms with Crippen LogP contribution in [-0.4, -0.2) is 45.8 Å². The van der Waals surface area contributed by atoms with Crippen molar-refractivity contribution < 1.29 is 14.4 Å². The van der Waals surface area contributed by atoms with Crippen LogP contribution in [0.5, 0.6) is 0 Å². The third-order valence-corrected chi connectivity index (χ3v) is 3.10. The van der Waals surface area contributed by atoms with Gasteiger partial charge in [0.1, 0.15) is 6.42 Å². The lowest BCUT2D eigenvalue weighted by Crippen LogP contribution is -2.34. The highest BCUT2D eigenvalue weighted by Crippen LogP contribution is 2.24. The third-order valence-electron chi connectivity index (χ3n) is 3.10. The van der Waals surface area contributed by atoms with Crippen LogP contribution in [0.4, 0.5) is 0 Å². The number of carboxylic acids is 1. The standard InChI is InChI=1S/C11H17N3O3/c1-2-14-5-3-4-8(7-14)11-12-9(17-13-11)6-10(15)16/h8H,2-7H2,1H3,(H,15,16). The van der Waals surface area contributed by atoms with Crippen LogP contribution >= 0.6 is 0 Å². The van der Waals surface area contributed by atoms with E-state index < -0.39 is 5.97 Å². The summed E-state index contributed by atoms with van der Waals surface area (Å²) in [5, 5.41) is 12.5. The molecule has 1 fully saturated rings. The Labute approximate surface area is 99.6 Å². The summed E-state index contributed by atoms with van der Waals surface area (Å²) in [6.45, 7) is 5.21. The normalized spacial score (nSPS) is 21.6. The second-order valence-electron chi connectivity index (χ2n) is 4.35. The van der Waals surface area contributed by atoms with Crippen LogP contribution in [-0.2, 0) is 11.2 Å². The van der Waals surface area contributed by atoms with Crippen molar-refractivity contribution in [3.63, 3.8) is 0 Å². The van der Waals surface area contributed by atoms with E-state index >= 15 is 0 Å². The van der Waals surface area contributed by atoms with Crippen molar-refractivity contribution in [2.45, 2.75) is 32.1 Å². The number of carboxylic acid groups (broad SMARTS) is 1. The zero-order chi connectivity index (χ0) is 12.3. The predicted octanol–water partition coefficient (Wildman–Crippen LogP) is 0.896. The van der Waals surface area contributed by atoms with Crippen molar-refractivity contribution in [3.05, 3.63) is 11.7 Å². The first-order chi connectivity index (χ1) is 8.19. The number of aliphatic carboxylic acids is 1. The molecule has 17 heavy (non-hydrogen) atoms. The first kappa shape index (κ1) is 12.0. The summed E-state index contributed by atoms with van der Waals surface area (Å²) in [6.07, 6.45) is 1.97. The maximum absolute atomic E-state index is 10.5. The van der Waals surface area contributed by atoms with Gasteiger partial charge in [0.25, 0.3) is 0 Å². The third kappa shape index (κ3) is 3.03. The van der Waals surface area contributed by atoms with Crippen LogP contribution in [0.3, 0.4) is 0 Å². The smallest absolute Gasteiger partial charge is 0.312 e. The maximum atomic E-state index is 10.5. The summed E-state index contributed by atoms with van der Waals surface area (Å²) >= 11 is 0. The maximum Gasteiger partial charge on any atom is 0.312 e. The molecule has 1 saturated heterocycles. The zero-order valence-electron chi connectivity index (χ0n) is 9.93. The molecule has 2 heterocycles. The average Bonchev–Trinajstić information content (AvgIpc) is 2.77. The first-order valence-corrected chi connectivity index (χ1v) is 5.95. The number of piperidine rings is 1. The van der Waals surface area contributed by atoms with Crippen molar-refractivity contribution in [2.75, 3.05) is 19.6 Å². The van der Waals surface area contributed by atoms with Gasteiger partial charge in [-0.2, -0.15) is 4.98 Å². The molecule has 6 heteroatoms. The zero-order valence-corrected chi connectivity index (χ0v) is 9.93. The SMILES string of the molecule is CCN1CCCC(c2noc(CC(=O)O)n2)C1. The van der Waals surface area contributed by atoms with Gasteiger partial charge in [-0.1, -0.05) is 12.1 Å². The molecule has 0 amide bonds. The minimum absolute atomic E-state index is 0.195. The second kappa shape index (κ2) is 5.27. The molecule has 0 bridgehead atoms. The van der Waals surface area contributed by atoms with Crippen LogP contribution in [0.1, 0.15) is 37.4 Å². The number of aromatic nitrogens is 2. The Morgan fingerprint density at radius 3 is 3.18 bits per heavy atom. The molecule has 1 atom stereocenters. The first-order valence-electron chi connectivity index (χ1n) is 5.95. The van der Waals surface area contributed by atoms with Gasteiger partial charge in [-0.15, -0.1) is 0 Å². The van der Waals surface area contributed by atoms with E-state index in [4.69, 9.17) is 9.63 Å². The van der Waals surface area contributed by atoms with E-state index in [2.05, 4.69) is 22.0 Å². The molecule has 2 rings (SSSR count). The van der Waals surface area contributed by atoms with E-state index in [-0.39, 0.29) is 18.2 Å². The van der Waals surface area contributed by atoms with Gasteiger partial charge in [0.05, 0.1) is 0 Å². The molecule has 0 spiro atoms. The quantitative estimate of drug-likeness (QED) is 0.840. The lowest BCUT2D eigenvalue weighted by molar-refractivity contribution is -0.136. The summed E-state index contributed by atoms with van der Waals surface area (Å²) < 4.78 is 4.94. The van der Waals surface area contributed by atoms with Crippen molar-refractivity contribution >= 4 is 5.97 Å². The number of hydrogen-bond acceptors (Lipinski definition) is 5. The van der Waals surface area contributed by atoms with Crippen LogP contribution in [0.15, 0.2) is 4.52 Å². The summed E-state index contributed by atoms with van der Waals surface area (Å²) in [6, 6.07) is 0. The largest absolute Gasteiger partial charge is 0.481 e. The Morgan fingerprint density at radius 1 is 1.65 bits per heavy atom. The fourth-order valence-electron chi connectivity index (χ4n) is 2.19. The van der Waals surface area contributed by atoms with Crippen LogP contribution in [0.2, 0.25) is 0 Å². The number of likely N-dealkylation sites (N-methyl/N-ethyl adjacent to an activating group) is 1. The predicted molar refractivity (Wildman–Crippen MR) is 59.7 cm³/mol. The number of rotatable bonds is 4. The molecular weight excluding hydrogens is 222 g/mol. The molecule has 0 aromatic carbocycles. The second-order valence-corrected chi connectivity index (χ2v) is 4.35.